The van der Waals surface area contributed by atoms with E-state index in [0.29, 0.717) is 31.5 Å². The number of nitrogens with zero attached hydrogens (tertiary/aromatic N) is 1. The third kappa shape index (κ3) is 2.00. The smallest absolute Gasteiger partial charge is 0.252 e. The minimum atomic E-state index is -1.30. The number of phenols is 1. The van der Waals surface area contributed by atoms with E-state index in [0.717, 1.165) is 5.56 Å². The standard InChI is InChI=1S/C20H22N2O4/c1-2-8-22-9-7-19-11-13(23)5-6-20(19,26)15(22)10-12-3-4-14(18(21)25)17(24)16(12)19/h2-6,15,24,26H,1,7-11H2,(H2,21,25)/t15-,19-,20-/m1/s1. The van der Waals surface area contributed by atoms with Gasteiger partial charge >= 0.3 is 0 Å². The minimum absolute atomic E-state index is 0.0226. The van der Waals surface area contributed by atoms with Gasteiger partial charge in [0.25, 0.3) is 5.91 Å². The number of allylic oxidation sites excluding steroid dienone is 1. The molecule has 1 fully saturated rings. The summed E-state index contributed by atoms with van der Waals surface area (Å²) in [4.78, 5) is 26.2. The lowest BCUT2D eigenvalue weighted by atomic mass is 9.51. The molecule has 3 aliphatic rings. The molecular formula is C20H22N2O4. The molecule has 1 saturated heterocycles. The van der Waals surface area contributed by atoms with Crippen molar-refractivity contribution in [3.8, 4) is 5.75 Å². The number of benzene rings is 1. The van der Waals surface area contributed by atoms with Gasteiger partial charge in [0.2, 0.25) is 0 Å². The highest BCUT2D eigenvalue weighted by Gasteiger charge is 2.64. The van der Waals surface area contributed by atoms with Crippen molar-refractivity contribution in [1.29, 1.82) is 0 Å². The number of amides is 1. The van der Waals surface area contributed by atoms with Gasteiger partial charge in [0, 0.05) is 30.0 Å². The summed E-state index contributed by atoms with van der Waals surface area (Å²) in [5.41, 5.74) is 4.52. The van der Waals surface area contributed by atoms with Crippen molar-refractivity contribution >= 4 is 11.7 Å². The molecule has 0 radical (unpaired) electrons. The number of carbonyl (C=O) groups is 2. The molecule has 2 aliphatic carbocycles. The van der Waals surface area contributed by atoms with Gasteiger partial charge in [0.05, 0.1) is 5.56 Å². The zero-order chi connectivity index (χ0) is 18.7. The SMILES string of the molecule is C=CCN1CC[C@]23CC(=O)C=C[C@@]2(O)[C@H]1Cc1ccc(C(N)=O)c(O)c13. The maximum absolute atomic E-state index is 12.3. The quantitative estimate of drug-likeness (QED) is 0.697. The van der Waals surface area contributed by atoms with Crippen LogP contribution in [0.2, 0.25) is 0 Å². The number of aromatic hydroxyl groups is 1. The highest BCUT2D eigenvalue weighted by molar-refractivity contribution is 5.97. The van der Waals surface area contributed by atoms with Crippen LogP contribution in [0.4, 0.5) is 0 Å². The highest BCUT2D eigenvalue weighted by atomic mass is 16.3. The van der Waals surface area contributed by atoms with E-state index in [1.165, 1.54) is 12.1 Å². The molecule has 1 amide bonds. The summed E-state index contributed by atoms with van der Waals surface area (Å²) in [5, 5.41) is 22.6. The van der Waals surface area contributed by atoms with Crippen LogP contribution >= 0.6 is 0 Å². The van der Waals surface area contributed by atoms with E-state index in [-0.39, 0.29) is 29.6 Å². The zero-order valence-corrected chi connectivity index (χ0v) is 14.4. The largest absolute Gasteiger partial charge is 0.507 e. The summed E-state index contributed by atoms with van der Waals surface area (Å²) in [6, 6.07) is 3.07. The van der Waals surface area contributed by atoms with Crippen LogP contribution in [-0.2, 0) is 16.6 Å². The van der Waals surface area contributed by atoms with Crippen molar-refractivity contribution in [2.24, 2.45) is 5.73 Å². The molecule has 6 heteroatoms. The molecule has 0 saturated carbocycles. The van der Waals surface area contributed by atoms with Gasteiger partial charge < -0.3 is 15.9 Å². The molecule has 1 aliphatic heterocycles. The van der Waals surface area contributed by atoms with E-state index >= 15 is 0 Å². The third-order valence-corrected chi connectivity index (χ3v) is 6.33. The van der Waals surface area contributed by atoms with E-state index in [1.807, 2.05) is 0 Å². The van der Waals surface area contributed by atoms with Gasteiger partial charge in [-0.15, -0.1) is 6.58 Å². The van der Waals surface area contributed by atoms with Crippen LogP contribution in [0.15, 0.2) is 36.9 Å². The zero-order valence-electron chi connectivity index (χ0n) is 14.4. The molecule has 1 aromatic rings. The van der Waals surface area contributed by atoms with Crippen LogP contribution in [-0.4, -0.2) is 51.5 Å². The predicted molar refractivity (Wildman–Crippen MR) is 95.9 cm³/mol. The Bertz CT molecular complexity index is 862. The summed E-state index contributed by atoms with van der Waals surface area (Å²) in [7, 11) is 0. The highest BCUT2D eigenvalue weighted by Crippen LogP contribution is 2.58. The van der Waals surface area contributed by atoms with E-state index in [2.05, 4.69) is 11.5 Å². The van der Waals surface area contributed by atoms with Crippen LogP contribution in [0.1, 0.15) is 34.3 Å². The predicted octanol–water partition coefficient (Wildman–Crippen LogP) is 0.805. The van der Waals surface area contributed by atoms with Gasteiger partial charge in [-0.3, -0.25) is 14.5 Å². The fraction of sp³-hybridized carbons (Fsp3) is 0.400. The average Bonchev–Trinajstić information content (AvgIpc) is 2.57. The third-order valence-electron chi connectivity index (χ3n) is 6.33. The molecule has 2 bridgehead atoms. The van der Waals surface area contributed by atoms with Gasteiger partial charge in [0.1, 0.15) is 11.4 Å². The van der Waals surface area contributed by atoms with Crippen molar-refractivity contribution in [3.63, 3.8) is 0 Å². The lowest BCUT2D eigenvalue weighted by Gasteiger charge is -2.61. The number of ketones is 1. The van der Waals surface area contributed by atoms with Crippen LogP contribution in [0.5, 0.6) is 5.75 Å². The molecule has 1 heterocycles. The lowest BCUT2D eigenvalue weighted by Crippen LogP contribution is -2.72. The first-order chi connectivity index (χ1) is 12.3. The molecular weight excluding hydrogens is 332 g/mol. The Hall–Kier alpha value is -2.44. The van der Waals surface area contributed by atoms with Crippen LogP contribution in [0.25, 0.3) is 0 Å². The van der Waals surface area contributed by atoms with Crippen molar-refractivity contribution in [1.82, 2.24) is 4.90 Å². The second kappa shape index (κ2) is 5.53. The van der Waals surface area contributed by atoms with Crippen molar-refractivity contribution < 1.29 is 19.8 Å². The number of nitrogens with two attached hydrogens (primary N) is 1. The molecule has 26 heavy (non-hydrogen) atoms. The Labute approximate surface area is 151 Å². The van der Waals surface area contributed by atoms with E-state index in [4.69, 9.17) is 5.73 Å². The number of fused-ring (bicyclic) bond motifs is 1. The summed E-state index contributed by atoms with van der Waals surface area (Å²) in [6.45, 7) is 5.10. The maximum atomic E-state index is 12.3. The normalized spacial score (nSPS) is 32.7. The van der Waals surface area contributed by atoms with Gasteiger partial charge in [-0.25, -0.2) is 0 Å². The number of rotatable bonds is 3. The van der Waals surface area contributed by atoms with E-state index in [1.54, 1.807) is 18.2 Å². The monoisotopic (exact) mass is 354 g/mol. The van der Waals surface area contributed by atoms with Crippen molar-refractivity contribution in [2.45, 2.75) is 36.3 Å². The van der Waals surface area contributed by atoms with Crippen molar-refractivity contribution in [2.75, 3.05) is 13.1 Å². The molecule has 4 rings (SSSR count). The average molecular weight is 354 g/mol. The Kier molecular flexibility index (Phi) is 3.61. The van der Waals surface area contributed by atoms with E-state index in [9.17, 15) is 19.8 Å². The Morgan fingerprint density at radius 1 is 1.46 bits per heavy atom. The number of hydrogen-bond acceptors (Lipinski definition) is 5. The van der Waals surface area contributed by atoms with Crippen LogP contribution < -0.4 is 5.73 Å². The molecule has 0 aromatic heterocycles. The molecule has 3 atom stereocenters. The van der Waals surface area contributed by atoms with Gasteiger partial charge in [-0.05, 0) is 43.2 Å². The molecule has 0 spiro atoms. The molecule has 0 unspecified atom stereocenters. The second-order valence-corrected chi connectivity index (χ2v) is 7.50. The number of hydrogen-bond donors (Lipinski definition) is 3. The van der Waals surface area contributed by atoms with Gasteiger partial charge in [-0.1, -0.05) is 12.1 Å². The topological polar surface area (TPSA) is 104 Å². The summed E-state index contributed by atoms with van der Waals surface area (Å²) in [6.07, 6.45) is 5.92. The minimum Gasteiger partial charge on any atom is -0.507 e. The van der Waals surface area contributed by atoms with Gasteiger partial charge in [-0.2, -0.15) is 0 Å². The summed E-state index contributed by atoms with van der Waals surface area (Å²) in [5.74, 6) is -1.02. The lowest BCUT2D eigenvalue weighted by molar-refractivity contribution is -0.137. The maximum Gasteiger partial charge on any atom is 0.252 e. The number of likely N-dealkylation sites (tertiary alicyclic amines) is 1. The second-order valence-electron chi connectivity index (χ2n) is 7.50. The first kappa shape index (κ1) is 17.0. The number of piperidine rings is 1. The molecule has 4 N–H and O–H groups in total. The Morgan fingerprint density at radius 2 is 2.23 bits per heavy atom. The first-order valence-corrected chi connectivity index (χ1v) is 8.78. The fourth-order valence-corrected chi connectivity index (χ4v) is 5.19. The summed E-state index contributed by atoms with van der Waals surface area (Å²) >= 11 is 0. The molecule has 1 aromatic carbocycles. The molecule has 6 nitrogen and oxygen atoms in total. The molecule has 136 valence electrons. The first-order valence-electron chi connectivity index (χ1n) is 8.78. The Morgan fingerprint density at radius 3 is 2.92 bits per heavy atom. The summed E-state index contributed by atoms with van der Waals surface area (Å²) < 4.78 is 0. The Balaban J connectivity index is 2.00. The number of carbonyl (C=O) groups excluding carboxylic acids is 2. The van der Waals surface area contributed by atoms with E-state index < -0.39 is 16.9 Å². The fourth-order valence-electron chi connectivity index (χ4n) is 5.19. The van der Waals surface area contributed by atoms with Crippen LogP contribution in [0, 0.1) is 0 Å². The van der Waals surface area contributed by atoms with Crippen LogP contribution in [0.3, 0.4) is 0 Å². The number of primary amides is 1. The van der Waals surface area contributed by atoms with Crippen molar-refractivity contribution in [3.05, 3.63) is 53.6 Å². The number of aliphatic hydroxyl groups is 1. The van der Waals surface area contributed by atoms with Gasteiger partial charge in [0.15, 0.2) is 5.78 Å².